The van der Waals surface area contributed by atoms with Crippen molar-refractivity contribution in [2.24, 2.45) is 34.0 Å². The molecule has 2 bridgehead atoms. The van der Waals surface area contributed by atoms with Crippen LogP contribution in [0.2, 0.25) is 0 Å². The molecular weight excluding hydrogens is 624 g/mol. The first-order chi connectivity index (χ1) is 23.3. The molecule has 0 spiro atoms. The number of aromatic nitrogens is 7. The van der Waals surface area contributed by atoms with Gasteiger partial charge in [-0.2, -0.15) is 0 Å². The fourth-order valence-electron chi connectivity index (χ4n) is 9.55. The molecule has 49 heavy (non-hydrogen) atoms. The van der Waals surface area contributed by atoms with Gasteiger partial charge in [0.05, 0.1) is 32.3 Å². The molecule has 0 amide bonds. The number of rotatable bonds is 7. The van der Waals surface area contributed by atoms with E-state index in [1.807, 2.05) is 22.8 Å². The highest BCUT2D eigenvalue weighted by Crippen LogP contribution is 2.67. The topological polar surface area (TPSA) is 173 Å². The number of nitrogens with zero attached hydrogens (tertiary/aromatic N) is 7. The van der Waals surface area contributed by atoms with E-state index in [1.165, 1.54) is 11.0 Å². The summed E-state index contributed by atoms with van der Waals surface area (Å²) >= 11 is 0. The molecule has 260 valence electrons. The molecule has 3 heterocycles. The van der Waals surface area contributed by atoms with E-state index >= 15 is 0 Å². The third-order valence-corrected chi connectivity index (χ3v) is 12.5. The third kappa shape index (κ3) is 5.28. The fraction of sp³-hybridized carbons (Fsp3) is 0.583. The monoisotopic (exact) mass is 670 g/mol. The van der Waals surface area contributed by atoms with Gasteiger partial charge in [0.15, 0.2) is 11.5 Å². The number of nitrogens with two attached hydrogens (primary N) is 1. The Kier molecular flexibility index (Phi) is 8.04. The largest absolute Gasteiger partial charge is 0.496 e. The number of nitrogen functional groups attached to an aromatic ring is 1. The summed E-state index contributed by atoms with van der Waals surface area (Å²) in [5.41, 5.74) is 8.03. The second-order valence-corrected chi connectivity index (χ2v) is 15.5. The zero-order valence-corrected chi connectivity index (χ0v) is 29.1. The Balaban J connectivity index is 1.10. The summed E-state index contributed by atoms with van der Waals surface area (Å²) < 4.78 is 15.5. The number of ketones is 1. The van der Waals surface area contributed by atoms with Crippen LogP contribution < -0.4 is 10.5 Å². The van der Waals surface area contributed by atoms with Crippen LogP contribution in [0.25, 0.3) is 22.4 Å². The van der Waals surface area contributed by atoms with Crippen molar-refractivity contribution in [2.45, 2.75) is 92.0 Å². The van der Waals surface area contributed by atoms with E-state index in [9.17, 15) is 14.7 Å². The standard InChI is InChI=1S/C36H46N8O5/c1-20-9-11-36-12-10-25(45)30(36)35(20,5)27(14-34(3,4)31(47)21(36)2)49-28(46)17-44-16-24(41-42-44)22-7-8-23(26(13-22)48-6)15-43-19-40-29-32(37)38-18-39-33(29)43/h7-8,13,16,18-21,27,30-31,47H,9-12,14-15,17H2,1-6H3,(H2,37,38,39)/t20-,21+,27-,30+,31+,35+,36+/m1/s1. The molecule has 13 heteroatoms. The number of ether oxygens (including phenoxy) is 2. The van der Waals surface area contributed by atoms with Crippen LogP contribution in [0.3, 0.4) is 0 Å². The Morgan fingerprint density at radius 3 is 2.71 bits per heavy atom. The average molecular weight is 671 g/mol. The van der Waals surface area contributed by atoms with Crippen LogP contribution in [0.1, 0.15) is 72.3 Å². The Morgan fingerprint density at radius 1 is 1.14 bits per heavy atom. The number of anilines is 1. The number of aliphatic hydroxyl groups is 1. The minimum Gasteiger partial charge on any atom is -0.496 e. The Bertz CT molecular complexity index is 1920. The molecule has 3 N–H and O–H groups in total. The number of carbonyl (C=O) groups is 2. The first kappa shape index (κ1) is 33.1. The van der Waals surface area contributed by atoms with E-state index in [1.54, 1.807) is 19.6 Å². The Morgan fingerprint density at radius 2 is 1.94 bits per heavy atom. The molecule has 7 atom stereocenters. The lowest BCUT2D eigenvalue weighted by atomic mass is 9.44. The van der Waals surface area contributed by atoms with Crippen molar-refractivity contribution in [3.05, 3.63) is 42.6 Å². The van der Waals surface area contributed by atoms with E-state index in [4.69, 9.17) is 15.2 Å². The zero-order chi connectivity index (χ0) is 34.9. The maximum Gasteiger partial charge on any atom is 0.328 e. The summed E-state index contributed by atoms with van der Waals surface area (Å²) in [5.74, 6) is 0.669. The molecular formula is C36H46N8O5. The predicted octanol–water partition coefficient (Wildman–Crippen LogP) is 4.46. The molecule has 7 rings (SSSR count). The van der Waals surface area contributed by atoms with Crippen LogP contribution in [0.4, 0.5) is 5.82 Å². The molecule has 3 saturated carbocycles. The second-order valence-electron chi connectivity index (χ2n) is 15.5. The number of fused-ring (bicyclic) bond motifs is 1. The zero-order valence-electron chi connectivity index (χ0n) is 29.1. The Labute approximate surface area is 285 Å². The molecule has 0 aliphatic heterocycles. The summed E-state index contributed by atoms with van der Waals surface area (Å²) in [6.07, 6.45) is 7.26. The number of carbonyl (C=O) groups excluding carboxylic acids is 2. The van der Waals surface area contributed by atoms with Crippen molar-refractivity contribution in [3.8, 4) is 17.0 Å². The van der Waals surface area contributed by atoms with Crippen molar-refractivity contribution >= 4 is 28.7 Å². The van der Waals surface area contributed by atoms with Gasteiger partial charge in [-0.25, -0.2) is 19.6 Å². The van der Waals surface area contributed by atoms with Gasteiger partial charge in [0.25, 0.3) is 0 Å². The second kappa shape index (κ2) is 11.9. The first-order valence-corrected chi connectivity index (χ1v) is 17.2. The van der Waals surface area contributed by atoms with Crippen LogP contribution in [0.15, 0.2) is 37.1 Å². The quantitative estimate of drug-likeness (QED) is 0.266. The van der Waals surface area contributed by atoms with Crippen molar-refractivity contribution < 1.29 is 24.2 Å². The normalized spacial score (nSPS) is 30.8. The maximum atomic E-state index is 13.7. The molecule has 3 aromatic heterocycles. The van der Waals surface area contributed by atoms with Crippen LogP contribution in [0, 0.1) is 34.0 Å². The SMILES string of the molecule is COc1cc(-c2cn(CC(=O)O[C@@H]3CC(C)(C)[C@@H](O)[C@H](C)[C@]45CCC(=O)[C@H]4[C@@]3(C)[C@H](C)CC5)nn2)ccc1Cn1cnc2c(N)ncnc21. The smallest absolute Gasteiger partial charge is 0.328 e. The number of hydrogen-bond acceptors (Lipinski definition) is 11. The lowest BCUT2D eigenvalue weighted by Crippen LogP contribution is -2.63. The molecule has 3 fully saturated rings. The molecule has 4 aromatic rings. The van der Waals surface area contributed by atoms with Gasteiger partial charge in [0, 0.05) is 28.9 Å². The highest BCUT2D eigenvalue weighted by atomic mass is 16.5. The molecule has 1 aromatic carbocycles. The number of esters is 1. The van der Waals surface area contributed by atoms with Crippen LogP contribution >= 0.6 is 0 Å². The van der Waals surface area contributed by atoms with E-state index in [2.05, 4.69) is 59.9 Å². The number of aliphatic hydroxyl groups excluding tert-OH is 1. The minimum absolute atomic E-state index is 0.0246. The highest BCUT2D eigenvalue weighted by molar-refractivity contribution is 5.86. The summed E-state index contributed by atoms with van der Waals surface area (Å²) in [6.45, 7) is 10.9. The predicted molar refractivity (Wildman–Crippen MR) is 181 cm³/mol. The van der Waals surface area contributed by atoms with E-state index in [-0.39, 0.29) is 35.5 Å². The summed E-state index contributed by atoms with van der Waals surface area (Å²) in [5, 5.41) is 20.3. The molecule has 3 aliphatic rings. The number of benzene rings is 1. The van der Waals surface area contributed by atoms with Crippen LogP contribution in [0.5, 0.6) is 5.75 Å². The van der Waals surface area contributed by atoms with Gasteiger partial charge in [-0.1, -0.05) is 52.0 Å². The van der Waals surface area contributed by atoms with Crippen LogP contribution in [-0.4, -0.2) is 70.7 Å². The minimum atomic E-state index is -0.617. The summed E-state index contributed by atoms with van der Waals surface area (Å²) in [6, 6.07) is 5.75. The van der Waals surface area contributed by atoms with Crippen molar-refractivity contribution in [2.75, 3.05) is 12.8 Å². The maximum absolute atomic E-state index is 13.7. The van der Waals surface area contributed by atoms with Crippen molar-refractivity contribution in [3.63, 3.8) is 0 Å². The highest BCUT2D eigenvalue weighted by Gasteiger charge is 2.68. The number of hydrogen-bond donors (Lipinski definition) is 2. The lowest BCUT2D eigenvalue weighted by molar-refractivity contribution is -0.210. The molecule has 0 unspecified atom stereocenters. The lowest BCUT2D eigenvalue weighted by Gasteiger charge is -2.61. The summed E-state index contributed by atoms with van der Waals surface area (Å²) in [7, 11) is 1.61. The van der Waals surface area contributed by atoms with Gasteiger partial charge in [0.2, 0.25) is 0 Å². The van der Waals surface area contributed by atoms with Crippen molar-refractivity contribution in [1.82, 2.24) is 34.5 Å². The Hall–Kier alpha value is -4.39. The molecule has 0 saturated heterocycles. The van der Waals surface area contributed by atoms with Gasteiger partial charge < -0.3 is 24.9 Å². The van der Waals surface area contributed by atoms with Gasteiger partial charge in [-0.05, 0) is 54.4 Å². The number of Topliss-reactive ketones (excluding diaryl/α,β-unsaturated/α-hetero) is 1. The number of methoxy groups -OCH3 is 1. The number of imidazole rings is 1. The van der Waals surface area contributed by atoms with Gasteiger partial charge in [-0.3, -0.25) is 9.59 Å². The van der Waals surface area contributed by atoms with E-state index < -0.39 is 29.0 Å². The van der Waals surface area contributed by atoms with Gasteiger partial charge in [0.1, 0.15) is 41.7 Å². The van der Waals surface area contributed by atoms with E-state index in [0.29, 0.717) is 47.8 Å². The van der Waals surface area contributed by atoms with E-state index in [0.717, 1.165) is 30.4 Å². The average Bonchev–Trinajstić information content (AvgIpc) is 3.80. The first-order valence-electron chi connectivity index (χ1n) is 17.2. The van der Waals surface area contributed by atoms with Crippen LogP contribution in [-0.2, 0) is 27.4 Å². The fourth-order valence-corrected chi connectivity index (χ4v) is 9.55. The molecule has 13 nitrogen and oxygen atoms in total. The van der Waals surface area contributed by atoms with Crippen molar-refractivity contribution in [1.29, 1.82) is 0 Å². The summed E-state index contributed by atoms with van der Waals surface area (Å²) in [4.78, 5) is 40.0. The van der Waals surface area contributed by atoms with Gasteiger partial charge >= 0.3 is 5.97 Å². The molecule has 3 aliphatic carbocycles. The third-order valence-electron chi connectivity index (χ3n) is 12.5. The molecule has 0 radical (unpaired) electrons. The van der Waals surface area contributed by atoms with Gasteiger partial charge in [-0.15, -0.1) is 5.10 Å².